The fraction of sp³-hybridized carbons (Fsp3) is 0.188. The average molecular weight is 315 g/mol. The van der Waals surface area contributed by atoms with Gasteiger partial charge in [0, 0.05) is 12.6 Å². The summed E-state index contributed by atoms with van der Waals surface area (Å²) in [6, 6.07) is 8.24. The summed E-state index contributed by atoms with van der Waals surface area (Å²) in [6.45, 7) is 1.87. The van der Waals surface area contributed by atoms with Crippen molar-refractivity contribution < 1.29 is 18.7 Å². The number of ether oxygens (including phenoxy) is 2. The Labute approximate surface area is 131 Å². The number of hydrogen-bond acceptors (Lipinski definition) is 5. The third-order valence-electron chi connectivity index (χ3n) is 3.30. The maximum Gasteiger partial charge on any atom is 0.515 e. The van der Waals surface area contributed by atoms with Gasteiger partial charge in [-0.05, 0) is 30.2 Å². The van der Waals surface area contributed by atoms with Crippen molar-refractivity contribution >= 4 is 17.2 Å². The van der Waals surface area contributed by atoms with Crippen molar-refractivity contribution in [2.24, 2.45) is 0 Å². The zero-order valence-corrected chi connectivity index (χ0v) is 12.4. The molecule has 0 saturated carbocycles. The number of H-pyrrole nitrogens is 1. The molecule has 3 aromatic rings. The molecule has 7 heteroatoms. The van der Waals surface area contributed by atoms with Gasteiger partial charge in [0.1, 0.15) is 5.82 Å². The van der Waals surface area contributed by atoms with E-state index in [4.69, 9.17) is 9.47 Å². The lowest BCUT2D eigenvalue weighted by Gasteiger charge is -2.06. The van der Waals surface area contributed by atoms with E-state index in [1.165, 1.54) is 6.07 Å². The number of rotatable bonds is 4. The molecule has 23 heavy (non-hydrogen) atoms. The Morgan fingerprint density at radius 2 is 2.09 bits per heavy atom. The summed E-state index contributed by atoms with van der Waals surface area (Å²) in [5.74, 6) is -0.230. The summed E-state index contributed by atoms with van der Waals surface area (Å²) in [5.41, 5.74) is 1.73. The second-order valence-electron chi connectivity index (χ2n) is 4.78. The Morgan fingerprint density at radius 1 is 1.26 bits per heavy atom. The predicted octanol–water partition coefficient (Wildman–Crippen LogP) is 3.22. The van der Waals surface area contributed by atoms with Gasteiger partial charge in [-0.3, -0.25) is 5.10 Å². The Balaban J connectivity index is 1.98. The molecule has 0 bridgehead atoms. The summed E-state index contributed by atoms with van der Waals surface area (Å²) in [5, 5.41) is 7.16. The number of halogens is 1. The van der Waals surface area contributed by atoms with Gasteiger partial charge in [-0.2, -0.15) is 0 Å². The minimum Gasteiger partial charge on any atom is -0.434 e. The van der Waals surface area contributed by atoms with Crippen LogP contribution in [-0.4, -0.2) is 27.9 Å². The molecule has 0 aliphatic heterocycles. The second kappa shape index (κ2) is 6.43. The fourth-order valence-corrected chi connectivity index (χ4v) is 2.28. The van der Waals surface area contributed by atoms with Gasteiger partial charge in [-0.1, -0.05) is 18.2 Å². The van der Waals surface area contributed by atoms with Gasteiger partial charge >= 0.3 is 6.16 Å². The molecule has 0 radical (unpaired) electrons. The lowest BCUT2D eigenvalue weighted by atomic mass is 10.0. The third-order valence-corrected chi connectivity index (χ3v) is 3.30. The van der Waals surface area contributed by atoms with Crippen LogP contribution in [-0.2, 0) is 11.2 Å². The topological polar surface area (TPSA) is 77.1 Å². The molecule has 0 aliphatic rings. The molecule has 3 rings (SSSR count). The molecular formula is C16H14FN3O3. The van der Waals surface area contributed by atoms with Crippen molar-refractivity contribution in [1.82, 2.24) is 15.2 Å². The molecule has 0 amide bonds. The van der Waals surface area contributed by atoms with Crippen molar-refractivity contribution in [2.45, 2.75) is 13.3 Å². The molecule has 0 atom stereocenters. The van der Waals surface area contributed by atoms with Crippen LogP contribution in [0.4, 0.5) is 9.18 Å². The molecule has 0 saturated heterocycles. The number of aromatic amines is 1. The van der Waals surface area contributed by atoms with Crippen molar-refractivity contribution in [2.75, 3.05) is 6.61 Å². The monoisotopic (exact) mass is 315 g/mol. The van der Waals surface area contributed by atoms with Gasteiger partial charge in [0.15, 0.2) is 5.65 Å². The first-order valence-corrected chi connectivity index (χ1v) is 7.09. The molecule has 0 unspecified atom stereocenters. The average Bonchev–Trinajstić information content (AvgIpc) is 2.94. The highest BCUT2D eigenvalue weighted by atomic mass is 19.1. The van der Waals surface area contributed by atoms with Gasteiger partial charge in [-0.25, -0.2) is 14.2 Å². The second-order valence-corrected chi connectivity index (χ2v) is 4.78. The van der Waals surface area contributed by atoms with Crippen LogP contribution >= 0.6 is 0 Å². The van der Waals surface area contributed by atoms with Crippen LogP contribution in [0.25, 0.3) is 11.0 Å². The first-order chi connectivity index (χ1) is 11.2. The van der Waals surface area contributed by atoms with E-state index in [0.717, 1.165) is 5.56 Å². The smallest absolute Gasteiger partial charge is 0.434 e. The highest BCUT2D eigenvalue weighted by Gasteiger charge is 2.17. The number of carbonyl (C=O) groups excluding carboxylic acids is 1. The molecule has 118 valence electrons. The lowest BCUT2D eigenvalue weighted by molar-refractivity contribution is 0.103. The Bertz CT molecular complexity index is 847. The number of pyridine rings is 1. The maximum atomic E-state index is 13.9. The highest BCUT2D eigenvalue weighted by molar-refractivity contribution is 5.86. The highest BCUT2D eigenvalue weighted by Crippen LogP contribution is 2.27. The van der Waals surface area contributed by atoms with Gasteiger partial charge in [-0.15, -0.1) is 5.10 Å². The molecule has 0 aliphatic carbocycles. The predicted molar refractivity (Wildman–Crippen MR) is 80.7 cm³/mol. The number of fused-ring (bicyclic) bond motifs is 1. The zero-order valence-electron chi connectivity index (χ0n) is 12.4. The minimum absolute atomic E-state index is 0.0675. The number of benzene rings is 1. The molecule has 0 fully saturated rings. The van der Waals surface area contributed by atoms with E-state index in [1.54, 1.807) is 37.4 Å². The van der Waals surface area contributed by atoms with Crippen molar-refractivity contribution in [3.63, 3.8) is 0 Å². The number of nitrogens with zero attached hydrogens (tertiary/aromatic N) is 2. The van der Waals surface area contributed by atoms with Crippen LogP contribution in [0.5, 0.6) is 5.88 Å². The molecular weight excluding hydrogens is 301 g/mol. The molecule has 6 nitrogen and oxygen atoms in total. The largest absolute Gasteiger partial charge is 0.515 e. The fourth-order valence-electron chi connectivity index (χ4n) is 2.28. The van der Waals surface area contributed by atoms with Gasteiger partial charge in [0.05, 0.1) is 12.0 Å². The third kappa shape index (κ3) is 3.13. The molecule has 1 aromatic carbocycles. The van der Waals surface area contributed by atoms with E-state index in [0.29, 0.717) is 23.0 Å². The Morgan fingerprint density at radius 3 is 2.87 bits per heavy atom. The van der Waals surface area contributed by atoms with Gasteiger partial charge < -0.3 is 9.47 Å². The number of hydrogen-bond donors (Lipinski definition) is 1. The quantitative estimate of drug-likeness (QED) is 0.748. The van der Waals surface area contributed by atoms with Crippen LogP contribution < -0.4 is 4.74 Å². The summed E-state index contributed by atoms with van der Waals surface area (Å²) < 4.78 is 23.7. The standard InChI is InChI=1S/C16H14FN3O3/c1-2-22-16(21)23-15-13-11(7-8-18-14(13)19-20-15)9-10-5-3-4-6-12(10)17/h3-8H,2,9H2,1H3,(H,18,19,20). The zero-order chi connectivity index (χ0) is 16.2. The molecule has 1 N–H and O–H groups in total. The van der Waals surface area contributed by atoms with Crippen LogP contribution in [0.1, 0.15) is 18.1 Å². The number of nitrogens with one attached hydrogen (secondary N) is 1. The summed E-state index contributed by atoms with van der Waals surface area (Å²) in [7, 11) is 0. The molecule has 0 spiro atoms. The van der Waals surface area contributed by atoms with E-state index in [9.17, 15) is 9.18 Å². The summed E-state index contributed by atoms with van der Waals surface area (Å²) in [4.78, 5) is 15.6. The van der Waals surface area contributed by atoms with Crippen LogP contribution in [0.2, 0.25) is 0 Å². The van der Waals surface area contributed by atoms with E-state index in [2.05, 4.69) is 15.2 Å². The first kappa shape index (κ1) is 15.0. The van der Waals surface area contributed by atoms with Crippen LogP contribution in [0.3, 0.4) is 0 Å². The van der Waals surface area contributed by atoms with Gasteiger partial charge in [0.2, 0.25) is 0 Å². The minimum atomic E-state index is -0.846. The summed E-state index contributed by atoms with van der Waals surface area (Å²) >= 11 is 0. The van der Waals surface area contributed by atoms with Crippen molar-refractivity contribution in [3.8, 4) is 5.88 Å². The number of aromatic nitrogens is 3. The molecule has 2 aromatic heterocycles. The Hall–Kier alpha value is -2.96. The molecule has 2 heterocycles. The van der Waals surface area contributed by atoms with E-state index >= 15 is 0 Å². The van der Waals surface area contributed by atoms with E-state index < -0.39 is 6.16 Å². The summed E-state index contributed by atoms with van der Waals surface area (Å²) in [6.07, 6.45) is 1.07. The van der Waals surface area contributed by atoms with Gasteiger partial charge in [0.25, 0.3) is 5.88 Å². The first-order valence-electron chi connectivity index (χ1n) is 7.09. The normalized spacial score (nSPS) is 10.7. The van der Waals surface area contributed by atoms with Crippen molar-refractivity contribution in [1.29, 1.82) is 0 Å². The Kier molecular flexibility index (Phi) is 4.18. The van der Waals surface area contributed by atoms with Crippen LogP contribution in [0, 0.1) is 5.82 Å². The van der Waals surface area contributed by atoms with Crippen molar-refractivity contribution in [3.05, 3.63) is 53.5 Å². The lowest BCUT2D eigenvalue weighted by Crippen LogP contribution is -2.10. The van der Waals surface area contributed by atoms with Crippen LogP contribution in [0.15, 0.2) is 36.5 Å². The maximum absolute atomic E-state index is 13.9. The number of carbonyl (C=O) groups is 1. The van der Waals surface area contributed by atoms with E-state index in [-0.39, 0.29) is 18.3 Å². The van der Waals surface area contributed by atoms with E-state index in [1.807, 2.05) is 0 Å². The SMILES string of the molecule is CCOC(=O)Oc1n[nH]c2nccc(Cc3ccccc3F)c12.